The lowest BCUT2D eigenvalue weighted by atomic mass is 9.87. The third-order valence-corrected chi connectivity index (χ3v) is 3.96. The van der Waals surface area contributed by atoms with Crippen molar-refractivity contribution in [2.75, 3.05) is 6.61 Å². The van der Waals surface area contributed by atoms with Crippen LogP contribution < -0.4 is 0 Å². The Morgan fingerprint density at radius 1 is 1.33 bits per heavy atom. The predicted octanol–water partition coefficient (Wildman–Crippen LogP) is 3.87. The van der Waals surface area contributed by atoms with Crippen LogP contribution in [0.25, 0.3) is 11.6 Å². The van der Waals surface area contributed by atoms with E-state index in [-0.39, 0.29) is 12.0 Å². The Balaban J connectivity index is 2.53. The molecule has 0 aromatic carbocycles. The summed E-state index contributed by atoms with van der Waals surface area (Å²) in [4.78, 5) is 20.9. The zero-order chi connectivity index (χ0) is 17.9. The van der Waals surface area contributed by atoms with Crippen molar-refractivity contribution in [2.24, 2.45) is 7.05 Å². The van der Waals surface area contributed by atoms with Crippen LogP contribution in [0.2, 0.25) is 5.15 Å². The Bertz CT molecular complexity index is 773. The third-order valence-electron chi connectivity index (χ3n) is 3.60. The van der Waals surface area contributed by atoms with Gasteiger partial charge in [0.15, 0.2) is 0 Å². The van der Waals surface area contributed by atoms with Crippen LogP contribution in [0, 0.1) is 0 Å². The lowest BCUT2D eigenvalue weighted by molar-refractivity contribution is -0.136. The van der Waals surface area contributed by atoms with Crippen LogP contribution in [0.5, 0.6) is 0 Å². The monoisotopic (exact) mass is 347 g/mol. The number of pyridine rings is 1. The first-order chi connectivity index (χ1) is 11.2. The molecule has 0 aliphatic carbocycles. The van der Waals surface area contributed by atoms with Gasteiger partial charge in [-0.15, -0.1) is 0 Å². The van der Waals surface area contributed by atoms with Gasteiger partial charge in [0.05, 0.1) is 12.8 Å². The lowest BCUT2D eigenvalue weighted by Crippen LogP contribution is -2.12. The summed E-state index contributed by atoms with van der Waals surface area (Å²) >= 11 is 6.05. The number of carbonyl (C=O) groups is 1. The van der Waals surface area contributed by atoms with Gasteiger partial charge in [0, 0.05) is 19.4 Å². The van der Waals surface area contributed by atoms with Gasteiger partial charge in [0.2, 0.25) is 0 Å². The van der Waals surface area contributed by atoms with Crippen molar-refractivity contribution in [3.05, 3.63) is 46.8 Å². The molecule has 5 nitrogen and oxygen atoms in total. The summed E-state index contributed by atoms with van der Waals surface area (Å²) < 4.78 is 6.81. The topological polar surface area (TPSA) is 57.0 Å². The van der Waals surface area contributed by atoms with Crippen LogP contribution in [-0.2, 0) is 22.0 Å². The van der Waals surface area contributed by atoms with E-state index in [0.717, 1.165) is 11.1 Å². The van der Waals surface area contributed by atoms with Crippen LogP contribution in [0.1, 0.15) is 44.6 Å². The minimum absolute atomic E-state index is 0.0343. The average Bonchev–Trinajstić information content (AvgIpc) is 2.84. The molecule has 0 N–H and O–H groups in total. The number of ether oxygens (including phenoxy) is 1. The molecule has 0 radical (unpaired) electrons. The molecule has 0 fully saturated rings. The van der Waals surface area contributed by atoms with Crippen molar-refractivity contribution < 1.29 is 9.53 Å². The van der Waals surface area contributed by atoms with E-state index < -0.39 is 5.97 Å². The molecule has 0 unspecified atom stereocenters. The highest BCUT2D eigenvalue weighted by atomic mass is 35.5. The van der Waals surface area contributed by atoms with E-state index in [9.17, 15) is 4.79 Å². The SMILES string of the molecule is CCOC(=O)/C(=C/c1cncc(C(C)(C)C)c1)c1ncc(Cl)n1C. The van der Waals surface area contributed by atoms with E-state index in [1.54, 1.807) is 30.8 Å². The highest BCUT2D eigenvalue weighted by molar-refractivity contribution is 6.30. The number of esters is 1. The smallest absolute Gasteiger partial charge is 0.341 e. The zero-order valence-electron chi connectivity index (χ0n) is 14.6. The number of carbonyl (C=O) groups excluding carboxylic acids is 1. The van der Waals surface area contributed by atoms with Gasteiger partial charge >= 0.3 is 5.97 Å². The van der Waals surface area contributed by atoms with Crippen molar-refractivity contribution >= 4 is 29.2 Å². The first-order valence-corrected chi connectivity index (χ1v) is 8.13. The quantitative estimate of drug-likeness (QED) is 0.622. The second-order valence-electron chi connectivity index (χ2n) is 6.50. The second-order valence-corrected chi connectivity index (χ2v) is 6.89. The predicted molar refractivity (Wildman–Crippen MR) is 95.7 cm³/mol. The van der Waals surface area contributed by atoms with Gasteiger partial charge in [-0.1, -0.05) is 32.4 Å². The number of rotatable bonds is 4. The minimum Gasteiger partial charge on any atom is -0.462 e. The average molecular weight is 348 g/mol. The largest absolute Gasteiger partial charge is 0.462 e. The standard InChI is InChI=1S/C18H22ClN3O2/c1-6-24-17(23)14(16-21-11-15(19)22(16)5)8-12-7-13(10-20-9-12)18(2,3)4/h7-11H,6H2,1-5H3/b14-8+. The molecule has 2 rings (SSSR count). The summed E-state index contributed by atoms with van der Waals surface area (Å²) in [6.45, 7) is 8.39. The second kappa shape index (κ2) is 7.18. The first-order valence-electron chi connectivity index (χ1n) is 7.76. The van der Waals surface area contributed by atoms with Crippen LogP contribution in [0.3, 0.4) is 0 Å². The van der Waals surface area contributed by atoms with E-state index in [2.05, 4.69) is 30.7 Å². The fourth-order valence-electron chi connectivity index (χ4n) is 2.18. The normalized spacial score (nSPS) is 12.3. The third kappa shape index (κ3) is 4.03. The molecule has 0 atom stereocenters. The van der Waals surface area contributed by atoms with Gasteiger partial charge in [0.1, 0.15) is 16.6 Å². The summed E-state index contributed by atoms with van der Waals surface area (Å²) in [7, 11) is 1.75. The molecule has 0 saturated carbocycles. The van der Waals surface area contributed by atoms with E-state index in [4.69, 9.17) is 16.3 Å². The Morgan fingerprint density at radius 3 is 2.58 bits per heavy atom. The molecule has 0 saturated heterocycles. The summed E-state index contributed by atoms with van der Waals surface area (Å²) in [5, 5.41) is 0.446. The van der Waals surface area contributed by atoms with Gasteiger partial charge in [-0.2, -0.15) is 0 Å². The summed E-state index contributed by atoms with van der Waals surface area (Å²) in [6, 6.07) is 2.01. The number of hydrogen-bond acceptors (Lipinski definition) is 4. The van der Waals surface area contributed by atoms with Crippen LogP contribution in [0.4, 0.5) is 0 Å². The molecule has 0 bridgehead atoms. The van der Waals surface area contributed by atoms with E-state index in [1.807, 2.05) is 12.3 Å². The van der Waals surface area contributed by atoms with Crippen LogP contribution in [0.15, 0.2) is 24.7 Å². The molecule has 2 aromatic rings. The van der Waals surface area contributed by atoms with Crippen LogP contribution >= 0.6 is 11.6 Å². The van der Waals surface area contributed by atoms with E-state index in [1.165, 1.54) is 6.20 Å². The summed E-state index contributed by atoms with van der Waals surface area (Å²) in [6.07, 6.45) is 6.78. The first kappa shape index (κ1) is 18.2. The Kier molecular flexibility index (Phi) is 5.44. The molecule has 0 spiro atoms. The van der Waals surface area contributed by atoms with E-state index >= 15 is 0 Å². The van der Waals surface area contributed by atoms with Gasteiger partial charge in [0.25, 0.3) is 0 Å². The fraction of sp³-hybridized carbons (Fsp3) is 0.389. The molecule has 0 aliphatic rings. The molecule has 128 valence electrons. The number of hydrogen-bond donors (Lipinski definition) is 0. The molecular formula is C18H22ClN3O2. The summed E-state index contributed by atoms with van der Waals surface area (Å²) in [5.41, 5.74) is 2.20. The van der Waals surface area contributed by atoms with Crippen molar-refractivity contribution in [1.82, 2.24) is 14.5 Å². The number of imidazole rings is 1. The Hall–Kier alpha value is -2.14. The van der Waals surface area contributed by atoms with E-state index in [0.29, 0.717) is 16.6 Å². The number of halogens is 1. The maximum atomic E-state index is 12.4. The van der Waals surface area contributed by atoms with Crippen LogP contribution in [-0.4, -0.2) is 27.1 Å². The highest BCUT2D eigenvalue weighted by Crippen LogP contribution is 2.25. The number of aromatic nitrogens is 3. The summed E-state index contributed by atoms with van der Waals surface area (Å²) in [5.74, 6) is 0.0173. The molecule has 6 heteroatoms. The molecular weight excluding hydrogens is 326 g/mol. The van der Waals surface area contributed by atoms with Crippen molar-refractivity contribution in [3.63, 3.8) is 0 Å². The van der Waals surface area contributed by atoms with Gasteiger partial charge in [-0.05, 0) is 35.6 Å². The minimum atomic E-state index is -0.441. The van der Waals surface area contributed by atoms with Crippen molar-refractivity contribution in [2.45, 2.75) is 33.1 Å². The highest BCUT2D eigenvalue weighted by Gasteiger charge is 2.20. The van der Waals surface area contributed by atoms with Crippen molar-refractivity contribution in [1.29, 1.82) is 0 Å². The Labute approximate surface area is 147 Å². The van der Waals surface area contributed by atoms with Gasteiger partial charge in [-0.25, -0.2) is 9.78 Å². The van der Waals surface area contributed by atoms with Gasteiger partial charge < -0.3 is 9.30 Å². The zero-order valence-corrected chi connectivity index (χ0v) is 15.4. The number of nitrogens with zero attached hydrogens (tertiary/aromatic N) is 3. The van der Waals surface area contributed by atoms with Crippen molar-refractivity contribution in [3.8, 4) is 0 Å². The molecule has 0 amide bonds. The Morgan fingerprint density at radius 2 is 2.04 bits per heavy atom. The fourth-order valence-corrected chi connectivity index (χ4v) is 2.30. The molecule has 0 aliphatic heterocycles. The molecule has 24 heavy (non-hydrogen) atoms. The lowest BCUT2D eigenvalue weighted by Gasteiger charge is -2.18. The van der Waals surface area contributed by atoms with Gasteiger partial charge in [-0.3, -0.25) is 4.98 Å². The maximum Gasteiger partial charge on any atom is 0.341 e. The maximum absolute atomic E-state index is 12.4. The molecule has 2 aromatic heterocycles. The molecule has 2 heterocycles.